The van der Waals surface area contributed by atoms with Gasteiger partial charge in [-0.3, -0.25) is 0 Å². The summed E-state index contributed by atoms with van der Waals surface area (Å²) in [6, 6.07) is 7.32. The minimum absolute atomic E-state index is 0.0855. The molecule has 0 aliphatic rings. The molecule has 5 heteroatoms. The van der Waals surface area contributed by atoms with E-state index in [2.05, 4.69) is 4.72 Å². The van der Waals surface area contributed by atoms with Gasteiger partial charge in [0.15, 0.2) is 0 Å². The van der Waals surface area contributed by atoms with Crippen molar-refractivity contribution in [2.24, 2.45) is 0 Å². The number of hydrogen-bond acceptors (Lipinski definition) is 3. The molecule has 1 rings (SSSR count). The Balaban J connectivity index is 2.73. The maximum atomic E-state index is 11.2. The lowest BCUT2D eigenvalue weighted by atomic mass is 10.2. The fraction of sp³-hybridized carbons (Fsp3) is 0.400. The van der Waals surface area contributed by atoms with Gasteiger partial charge in [0, 0.05) is 12.1 Å². The van der Waals surface area contributed by atoms with Crippen molar-refractivity contribution in [3.05, 3.63) is 29.8 Å². The first-order valence-corrected chi connectivity index (χ1v) is 6.33. The molecule has 0 fully saturated rings. The molecule has 0 aliphatic carbocycles. The molecule has 0 amide bonds. The standard InChI is InChI=1S/C10H15NO3S/c1-3-15(12,13)11-8-9-6-4-5-7-10(9)14-2/h4-7,11H,3,8H2,1-2H3. The highest BCUT2D eigenvalue weighted by Crippen LogP contribution is 2.16. The molecule has 0 bridgehead atoms. The molecule has 1 aromatic rings. The van der Waals surface area contributed by atoms with E-state index < -0.39 is 10.0 Å². The summed E-state index contributed by atoms with van der Waals surface area (Å²) in [7, 11) is -1.59. The number of hydrogen-bond donors (Lipinski definition) is 1. The Morgan fingerprint density at radius 1 is 1.33 bits per heavy atom. The summed E-state index contributed by atoms with van der Waals surface area (Å²) in [6.07, 6.45) is 0. The van der Waals surface area contributed by atoms with E-state index in [1.54, 1.807) is 20.1 Å². The van der Waals surface area contributed by atoms with Crippen LogP contribution >= 0.6 is 0 Å². The number of para-hydroxylation sites is 1. The van der Waals surface area contributed by atoms with Gasteiger partial charge in [-0.2, -0.15) is 0 Å². The Kier molecular flexibility index (Phi) is 4.11. The molecule has 1 aromatic carbocycles. The third-order valence-electron chi connectivity index (χ3n) is 2.06. The zero-order valence-electron chi connectivity index (χ0n) is 8.86. The average Bonchev–Trinajstić information content (AvgIpc) is 2.27. The van der Waals surface area contributed by atoms with Gasteiger partial charge >= 0.3 is 0 Å². The largest absolute Gasteiger partial charge is 0.496 e. The predicted molar refractivity (Wildman–Crippen MR) is 59.3 cm³/mol. The molecule has 4 nitrogen and oxygen atoms in total. The van der Waals surface area contributed by atoms with Gasteiger partial charge in [0.2, 0.25) is 10.0 Å². The van der Waals surface area contributed by atoms with Crippen LogP contribution in [0.15, 0.2) is 24.3 Å². The van der Waals surface area contributed by atoms with Gasteiger partial charge < -0.3 is 4.74 Å². The van der Waals surface area contributed by atoms with E-state index in [0.717, 1.165) is 5.56 Å². The number of ether oxygens (including phenoxy) is 1. The molecule has 0 aliphatic heterocycles. The lowest BCUT2D eigenvalue weighted by molar-refractivity contribution is 0.409. The summed E-state index contributed by atoms with van der Waals surface area (Å²) in [5.74, 6) is 0.776. The number of rotatable bonds is 5. The maximum absolute atomic E-state index is 11.2. The molecule has 15 heavy (non-hydrogen) atoms. The van der Waals surface area contributed by atoms with E-state index >= 15 is 0 Å². The fourth-order valence-corrected chi connectivity index (χ4v) is 1.72. The van der Waals surface area contributed by atoms with Crippen molar-refractivity contribution < 1.29 is 13.2 Å². The summed E-state index contributed by atoms with van der Waals surface area (Å²) < 4.78 is 30.0. The molecular formula is C10H15NO3S. The maximum Gasteiger partial charge on any atom is 0.211 e. The topological polar surface area (TPSA) is 55.4 Å². The van der Waals surface area contributed by atoms with Gasteiger partial charge in [-0.15, -0.1) is 0 Å². The highest BCUT2D eigenvalue weighted by atomic mass is 32.2. The van der Waals surface area contributed by atoms with E-state index in [9.17, 15) is 8.42 Å². The molecule has 0 spiro atoms. The third-order valence-corrected chi connectivity index (χ3v) is 3.40. The van der Waals surface area contributed by atoms with Gasteiger partial charge in [0.25, 0.3) is 0 Å². The van der Waals surface area contributed by atoms with Crippen LogP contribution in [-0.2, 0) is 16.6 Å². The first-order valence-electron chi connectivity index (χ1n) is 4.68. The summed E-state index contributed by atoms with van der Waals surface area (Å²) in [6.45, 7) is 1.87. The van der Waals surface area contributed by atoms with Crippen LogP contribution < -0.4 is 9.46 Å². The molecule has 0 saturated carbocycles. The van der Waals surface area contributed by atoms with Crippen molar-refractivity contribution in [1.82, 2.24) is 4.72 Å². The van der Waals surface area contributed by atoms with Crippen LogP contribution in [0, 0.1) is 0 Å². The van der Waals surface area contributed by atoms with Crippen LogP contribution in [0.4, 0.5) is 0 Å². The van der Waals surface area contributed by atoms with Crippen molar-refractivity contribution in [3.8, 4) is 5.75 Å². The molecule has 0 radical (unpaired) electrons. The number of sulfonamides is 1. The Morgan fingerprint density at radius 3 is 2.60 bits per heavy atom. The lowest BCUT2D eigenvalue weighted by Gasteiger charge is -2.08. The van der Waals surface area contributed by atoms with Gasteiger partial charge in [-0.25, -0.2) is 13.1 Å². The smallest absolute Gasteiger partial charge is 0.211 e. The second kappa shape index (κ2) is 5.14. The second-order valence-corrected chi connectivity index (χ2v) is 5.13. The Morgan fingerprint density at radius 2 is 2.00 bits per heavy atom. The minimum atomic E-state index is -3.15. The molecule has 84 valence electrons. The van der Waals surface area contributed by atoms with Crippen LogP contribution in [0.25, 0.3) is 0 Å². The Bertz CT molecular complexity index is 414. The molecule has 0 saturated heterocycles. The quantitative estimate of drug-likeness (QED) is 0.823. The SMILES string of the molecule is CCS(=O)(=O)NCc1ccccc1OC. The molecule has 0 unspecified atom stereocenters. The van der Waals surface area contributed by atoms with Crippen LogP contribution in [-0.4, -0.2) is 21.3 Å². The molecule has 0 heterocycles. The lowest BCUT2D eigenvalue weighted by Crippen LogP contribution is -2.24. The third kappa shape index (κ3) is 3.53. The zero-order chi connectivity index (χ0) is 11.3. The molecule has 1 N–H and O–H groups in total. The van der Waals surface area contributed by atoms with Crippen LogP contribution in [0.3, 0.4) is 0 Å². The van der Waals surface area contributed by atoms with E-state index in [-0.39, 0.29) is 12.3 Å². The van der Waals surface area contributed by atoms with Crippen molar-refractivity contribution in [1.29, 1.82) is 0 Å². The van der Waals surface area contributed by atoms with E-state index in [1.165, 1.54) is 0 Å². The highest BCUT2D eigenvalue weighted by molar-refractivity contribution is 7.89. The number of nitrogens with one attached hydrogen (secondary N) is 1. The molecule has 0 aromatic heterocycles. The first kappa shape index (κ1) is 12.0. The van der Waals surface area contributed by atoms with Crippen molar-refractivity contribution in [2.75, 3.05) is 12.9 Å². The van der Waals surface area contributed by atoms with Crippen molar-refractivity contribution >= 4 is 10.0 Å². The van der Waals surface area contributed by atoms with E-state index in [4.69, 9.17) is 4.74 Å². The fourth-order valence-electron chi connectivity index (χ4n) is 1.14. The molecule has 0 atom stereocenters. The molecular weight excluding hydrogens is 214 g/mol. The summed E-state index contributed by atoms with van der Waals surface area (Å²) in [4.78, 5) is 0. The highest BCUT2D eigenvalue weighted by Gasteiger charge is 2.08. The van der Waals surface area contributed by atoms with Crippen LogP contribution in [0.1, 0.15) is 12.5 Å². The second-order valence-electron chi connectivity index (χ2n) is 3.04. The summed E-state index contributed by atoms with van der Waals surface area (Å²) in [5, 5.41) is 0. The Hall–Kier alpha value is -1.07. The Labute approximate surface area is 90.3 Å². The number of benzene rings is 1. The van der Waals surface area contributed by atoms with Crippen LogP contribution in [0.5, 0.6) is 5.75 Å². The zero-order valence-corrected chi connectivity index (χ0v) is 9.67. The van der Waals surface area contributed by atoms with Crippen LogP contribution in [0.2, 0.25) is 0 Å². The number of methoxy groups -OCH3 is 1. The average molecular weight is 229 g/mol. The van der Waals surface area contributed by atoms with Gasteiger partial charge in [0.05, 0.1) is 12.9 Å². The van der Waals surface area contributed by atoms with Gasteiger partial charge in [0.1, 0.15) is 5.75 Å². The summed E-state index contributed by atoms with van der Waals surface area (Å²) in [5.41, 5.74) is 0.831. The van der Waals surface area contributed by atoms with E-state index in [1.807, 2.05) is 18.2 Å². The first-order chi connectivity index (χ1) is 7.09. The monoisotopic (exact) mass is 229 g/mol. The van der Waals surface area contributed by atoms with Crippen molar-refractivity contribution in [2.45, 2.75) is 13.5 Å². The normalized spacial score (nSPS) is 11.3. The van der Waals surface area contributed by atoms with E-state index in [0.29, 0.717) is 5.75 Å². The predicted octanol–water partition coefficient (Wildman–Crippen LogP) is 1.13. The summed E-state index contributed by atoms with van der Waals surface area (Å²) >= 11 is 0. The minimum Gasteiger partial charge on any atom is -0.496 e. The van der Waals surface area contributed by atoms with Gasteiger partial charge in [-0.05, 0) is 13.0 Å². The van der Waals surface area contributed by atoms with Gasteiger partial charge in [-0.1, -0.05) is 18.2 Å². The van der Waals surface area contributed by atoms with Crippen molar-refractivity contribution in [3.63, 3.8) is 0 Å².